The molecule has 1 atom stereocenters. The number of rotatable bonds is 5. The van der Waals surface area contributed by atoms with Crippen LogP contribution in [0.1, 0.15) is 39.5 Å². The molecule has 0 heterocycles. The zero-order valence-electron chi connectivity index (χ0n) is 7.34. The molecule has 0 saturated heterocycles. The monoisotopic (exact) mass is 233 g/mol. The van der Waals surface area contributed by atoms with Crippen molar-refractivity contribution in [1.29, 1.82) is 0 Å². The van der Waals surface area contributed by atoms with E-state index in [9.17, 15) is 4.79 Å². The zero-order valence-corrected chi connectivity index (χ0v) is 10.2. The van der Waals surface area contributed by atoms with E-state index in [1.807, 2.05) is 6.92 Å². The second-order valence-electron chi connectivity index (χ2n) is 2.59. The van der Waals surface area contributed by atoms with Crippen LogP contribution in [0.15, 0.2) is 0 Å². The van der Waals surface area contributed by atoms with Crippen LogP contribution in [0.25, 0.3) is 0 Å². The minimum atomic E-state index is -0.643. The predicted octanol–water partition coefficient (Wildman–Crippen LogP) is 2.28. The molecular weight excluding hydrogens is 217 g/mol. The number of carbonyl (C=O) groups is 1. The molecule has 11 heavy (non-hydrogen) atoms. The van der Waals surface area contributed by atoms with Crippen molar-refractivity contribution in [2.75, 3.05) is 0 Å². The fourth-order valence-electron chi connectivity index (χ4n) is 0.953. The minimum absolute atomic E-state index is 0. The Hall–Kier alpha value is 0.574. The third-order valence-corrected chi connectivity index (χ3v) is 1.75. The molecule has 0 fully saturated rings. The molecule has 0 aliphatic carbocycles. The van der Waals surface area contributed by atoms with Crippen molar-refractivity contribution >= 4 is 5.97 Å². The van der Waals surface area contributed by atoms with Gasteiger partial charge in [0, 0.05) is 32.7 Å². The molecule has 0 aromatic carbocycles. The summed E-state index contributed by atoms with van der Waals surface area (Å²) < 4.78 is 0. The summed E-state index contributed by atoms with van der Waals surface area (Å²) in [6.07, 6.45) is 3.71. The van der Waals surface area contributed by atoms with Crippen molar-refractivity contribution in [2.24, 2.45) is 5.92 Å². The van der Waals surface area contributed by atoms with Gasteiger partial charge in [-0.15, -0.1) is 0 Å². The van der Waals surface area contributed by atoms with Gasteiger partial charge in [0.15, 0.2) is 0 Å². The molecule has 0 bridgehead atoms. The Labute approximate surface area is 93.6 Å². The van der Waals surface area contributed by atoms with Gasteiger partial charge in [0.25, 0.3) is 0 Å². The summed E-state index contributed by atoms with van der Waals surface area (Å²) in [7, 11) is 0. The Bertz CT molecular complexity index is 104. The Kier molecular flexibility index (Phi) is 11.1. The fraction of sp³-hybridized carbons (Fsp3) is 0.875. The van der Waals surface area contributed by atoms with Crippen molar-refractivity contribution in [3.63, 3.8) is 0 Å². The Morgan fingerprint density at radius 3 is 2.27 bits per heavy atom. The van der Waals surface area contributed by atoms with Crippen LogP contribution in [-0.2, 0) is 37.5 Å². The summed E-state index contributed by atoms with van der Waals surface area (Å²) in [5.74, 6) is -0.754. The van der Waals surface area contributed by atoms with Crippen molar-refractivity contribution in [2.45, 2.75) is 39.5 Å². The second-order valence-corrected chi connectivity index (χ2v) is 2.59. The van der Waals surface area contributed by atoms with Crippen LogP contribution in [0.4, 0.5) is 0 Å². The van der Waals surface area contributed by atoms with E-state index in [0.29, 0.717) is 0 Å². The van der Waals surface area contributed by atoms with E-state index in [1.165, 1.54) is 0 Å². The Morgan fingerprint density at radius 2 is 2.00 bits per heavy atom. The number of carboxylic acids is 1. The van der Waals surface area contributed by atoms with E-state index < -0.39 is 5.97 Å². The molecule has 0 spiro atoms. The molecule has 0 aromatic rings. The van der Waals surface area contributed by atoms with Gasteiger partial charge in [-0.3, -0.25) is 4.79 Å². The molecule has 0 aromatic heterocycles. The zero-order chi connectivity index (χ0) is 7.98. The van der Waals surface area contributed by atoms with Crippen LogP contribution < -0.4 is 0 Å². The van der Waals surface area contributed by atoms with E-state index in [2.05, 4.69) is 6.92 Å². The van der Waals surface area contributed by atoms with Crippen molar-refractivity contribution in [3.05, 3.63) is 0 Å². The largest absolute Gasteiger partial charge is 0.481 e. The average Bonchev–Trinajstić information content (AvgIpc) is 1.89. The van der Waals surface area contributed by atoms with Gasteiger partial charge in [-0.25, -0.2) is 0 Å². The fourth-order valence-corrected chi connectivity index (χ4v) is 0.953. The second kappa shape index (κ2) is 8.67. The van der Waals surface area contributed by atoms with E-state index >= 15 is 0 Å². The van der Waals surface area contributed by atoms with Crippen LogP contribution in [0.3, 0.4) is 0 Å². The molecule has 1 radical (unpaired) electrons. The number of hydrogen-bond acceptors (Lipinski definition) is 1. The number of hydrogen-bond donors (Lipinski definition) is 1. The number of unbranched alkanes of at least 4 members (excludes halogenated alkanes) is 1. The summed E-state index contributed by atoms with van der Waals surface area (Å²) in [4.78, 5) is 10.4. The summed E-state index contributed by atoms with van der Waals surface area (Å²) in [5.41, 5.74) is 0. The van der Waals surface area contributed by atoms with Crippen molar-refractivity contribution in [1.82, 2.24) is 0 Å². The summed E-state index contributed by atoms with van der Waals surface area (Å²) in [6.45, 7) is 4.00. The molecule has 0 rings (SSSR count). The topological polar surface area (TPSA) is 37.3 Å². The standard InChI is InChI=1S/C8H16O2.Y/c1-3-5-6-7(4-2)8(9)10;/h7H,3-6H2,1-2H3,(H,9,10);. The molecule has 63 valence electrons. The van der Waals surface area contributed by atoms with E-state index in [0.717, 1.165) is 25.7 Å². The van der Waals surface area contributed by atoms with Crippen molar-refractivity contribution in [3.8, 4) is 0 Å². The van der Waals surface area contributed by atoms with Gasteiger partial charge in [0.1, 0.15) is 0 Å². The van der Waals surface area contributed by atoms with Crippen LogP contribution in [0.5, 0.6) is 0 Å². The number of aliphatic carboxylic acids is 1. The molecule has 0 aliphatic heterocycles. The maximum atomic E-state index is 10.4. The summed E-state index contributed by atoms with van der Waals surface area (Å²) in [6, 6.07) is 0. The first kappa shape index (κ1) is 14.1. The van der Waals surface area contributed by atoms with Gasteiger partial charge in [0.05, 0.1) is 5.92 Å². The van der Waals surface area contributed by atoms with Gasteiger partial charge in [-0.2, -0.15) is 0 Å². The predicted molar refractivity (Wildman–Crippen MR) is 40.9 cm³/mol. The van der Waals surface area contributed by atoms with Crippen molar-refractivity contribution < 1.29 is 42.6 Å². The number of carboxylic acid groups (broad SMARTS) is 1. The molecule has 0 amide bonds. The molecule has 3 heteroatoms. The summed E-state index contributed by atoms with van der Waals surface area (Å²) in [5, 5.41) is 8.60. The smallest absolute Gasteiger partial charge is 0.306 e. The first-order valence-electron chi connectivity index (χ1n) is 3.95. The maximum absolute atomic E-state index is 10.4. The first-order chi connectivity index (χ1) is 4.72. The average molecular weight is 233 g/mol. The van der Waals surface area contributed by atoms with Gasteiger partial charge < -0.3 is 5.11 Å². The normalized spacial score (nSPS) is 11.8. The quantitative estimate of drug-likeness (QED) is 0.790. The third kappa shape index (κ3) is 6.95. The minimum Gasteiger partial charge on any atom is -0.481 e. The third-order valence-electron chi connectivity index (χ3n) is 1.75. The van der Waals surface area contributed by atoms with E-state index in [1.54, 1.807) is 0 Å². The molecule has 0 saturated carbocycles. The van der Waals surface area contributed by atoms with Gasteiger partial charge >= 0.3 is 5.97 Å². The summed E-state index contributed by atoms with van der Waals surface area (Å²) >= 11 is 0. The molecule has 1 unspecified atom stereocenters. The van der Waals surface area contributed by atoms with Gasteiger partial charge in [0.2, 0.25) is 0 Å². The van der Waals surface area contributed by atoms with Crippen LogP contribution >= 0.6 is 0 Å². The maximum Gasteiger partial charge on any atom is 0.306 e. The Morgan fingerprint density at radius 1 is 1.45 bits per heavy atom. The van der Waals surface area contributed by atoms with E-state index in [4.69, 9.17) is 5.11 Å². The molecule has 1 N–H and O–H groups in total. The van der Waals surface area contributed by atoms with Crippen LogP contribution in [0.2, 0.25) is 0 Å². The van der Waals surface area contributed by atoms with Crippen LogP contribution in [0, 0.1) is 5.92 Å². The van der Waals surface area contributed by atoms with Crippen LogP contribution in [-0.4, -0.2) is 11.1 Å². The molecule has 2 nitrogen and oxygen atoms in total. The molecular formula is C8H16O2Y. The van der Waals surface area contributed by atoms with E-state index in [-0.39, 0.29) is 38.6 Å². The molecule has 0 aliphatic rings. The van der Waals surface area contributed by atoms with Gasteiger partial charge in [-0.05, 0) is 12.8 Å². The van der Waals surface area contributed by atoms with Gasteiger partial charge in [-0.1, -0.05) is 26.7 Å². The Balaban J connectivity index is 0. The SMILES string of the molecule is CCCCC(CC)C(=O)O.[Y]. The first-order valence-corrected chi connectivity index (χ1v) is 3.95.